The standard InChI is InChI=1S/C21H17ClN4O3S/c1-12(19(27)23-16-10-14(22)8-9-17(16)29-2)26-21(28)15-11-18(30-20(15)24-25-26)13-6-4-3-5-7-13/h3-12H,1-2H3,(H,23,27)/t12-/m1/s1. The molecule has 0 aliphatic rings. The molecule has 7 nitrogen and oxygen atoms in total. The molecule has 4 rings (SSSR count). The Balaban J connectivity index is 1.66. The van der Waals surface area contributed by atoms with Crippen LogP contribution in [-0.4, -0.2) is 28.0 Å². The van der Waals surface area contributed by atoms with Crippen LogP contribution in [0.25, 0.3) is 20.7 Å². The first-order valence-corrected chi connectivity index (χ1v) is 10.3. The van der Waals surface area contributed by atoms with Gasteiger partial charge in [-0.25, -0.2) is 0 Å². The van der Waals surface area contributed by atoms with Gasteiger partial charge in [-0.3, -0.25) is 9.59 Å². The second-order valence-electron chi connectivity index (χ2n) is 6.54. The Labute approximate surface area is 180 Å². The average Bonchev–Trinajstić information content (AvgIpc) is 3.20. The maximum Gasteiger partial charge on any atom is 0.279 e. The SMILES string of the molecule is COc1ccc(Cl)cc1NC(=O)[C@@H](C)n1nnc2sc(-c3ccccc3)cc2c1=O. The van der Waals surface area contributed by atoms with E-state index >= 15 is 0 Å². The van der Waals surface area contributed by atoms with Crippen molar-refractivity contribution in [1.29, 1.82) is 0 Å². The van der Waals surface area contributed by atoms with Crippen molar-refractivity contribution >= 4 is 44.7 Å². The van der Waals surface area contributed by atoms with E-state index < -0.39 is 11.9 Å². The molecule has 0 aliphatic heterocycles. The minimum atomic E-state index is -0.891. The molecule has 0 saturated carbocycles. The van der Waals surface area contributed by atoms with Crippen LogP contribution in [0.3, 0.4) is 0 Å². The maximum atomic E-state index is 13.0. The van der Waals surface area contributed by atoms with Crippen LogP contribution in [-0.2, 0) is 4.79 Å². The summed E-state index contributed by atoms with van der Waals surface area (Å²) in [6, 6.07) is 15.5. The molecule has 0 aliphatic carbocycles. The van der Waals surface area contributed by atoms with Gasteiger partial charge < -0.3 is 10.1 Å². The van der Waals surface area contributed by atoms with Crippen LogP contribution < -0.4 is 15.6 Å². The Morgan fingerprint density at radius 1 is 1.20 bits per heavy atom. The number of rotatable bonds is 5. The highest BCUT2D eigenvalue weighted by molar-refractivity contribution is 7.21. The smallest absolute Gasteiger partial charge is 0.279 e. The third-order valence-electron chi connectivity index (χ3n) is 4.61. The van der Waals surface area contributed by atoms with E-state index in [4.69, 9.17) is 16.3 Å². The molecule has 1 atom stereocenters. The number of methoxy groups -OCH3 is 1. The number of anilines is 1. The van der Waals surface area contributed by atoms with Crippen molar-refractivity contribution < 1.29 is 9.53 Å². The molecule has 2 aromatic heterocycles. The maximum absolute atomic E-state index is 13.0. The molecule has 152 valence electrons. The number of nitrogens with zero attached hydrogens (tertiary/aromatic N) is 3. The first-order valence-electron chi connectivity index (χ1n) is 9.07. The molecule has 2 heterocycles. The van der Waals surface area contributed by atoms with Gasteiger partial charge in [0.25, 0.3) is 5.56 Å². The number of halogens is 1. The minimum Gasteiger partial charge on any atom is -0.495 e. The number of aromatic nitrogens is 3. The van der Waals surface area contributed by atoms with Crippen LogP contribution in [0.15, 0.2) is 59.4 Å². The van der Waals surface area contributed by atoms with E-state index in [1.54, 1.807) is 31.2 Å². The van der Waals surface area contributed by atoms with Gasteiger partial charge in [0, 0.05) is 9.90 Å². The summed E-state index contributed by atoms with van der Waals surface area (Å²) in [6.07, 6.45) is 0. The summed E-state index contributed by atoms with van der Waals surface area (Å²) in [5.41, 5.74) is 1.02. The molecule has 0 saturated heterocycles. The molecule has 9 heteroatoms. The highest BCUT2D eigenvalue weighted by Crippen LogP contribution is 2.31. The molecule has 0 spiro atoms. The molecule has 1 amide bonds. The Hall–Kier alpha value is -3.23. The van der Waals surface area contributed by atoms with Gasteiger partial charge in [0.05, 0.1) is 18.2 Å². The van der Waals surface area contributed by atoms with Gasteiger partial charge in [-0.15, -0.1) is 16.4 Å². The van der Waals surface area contributed by atoms with Crippen molar-refractivity contribution in [3.05, 3.63) is 70.0 Å². The number of ether oxygens (including phenoxy) is 1. The molecule has 1 N–H and O–H groups in total. The van der Waals surface area contributed by atoms with Gasteiger partial charge >= 0.3 is 0 Å². The van der Waals surface area contributed by atoms with Crippen molar-refractivity contribution in [2.24, 2.45) is 0 Å². The summed E-state index contributed by atoms with van der Waals surface area (Å²) in [4.78, 5) is 27.2. The number of hydrogen-bond acceptors (Lipinski definition) is 6. The fraction of sp³-hybridized carbons (Fsp3) is 0.143. The Bertz CT molecular complexity index is 1290. The van der Waals surface area contributed by atoms with Crippen LogP contribution in [0, 0.1) is 0 Å². The lowest BCUT2D eigenvalue weighted by atomic mass is 10.2. The quantitative estimate of drug-likeness (QED) is 0.497. The molecular formula is C21H17ClN4O3S. The van der Waals surface area contributed by atoms with Crippen molar-refractivity contribution in [2.45, 2.75) is 13.0 Å². The van der Waals surface area contributed by atoms with Crippen LogP contribution in [0.2, 0.25) is 5.02 Å². The zero-order chi connectivity index (χ0) is 21.3. The fourth-order valence-corrected chi connectivity index (χ4v) is 4.13. The molecular weight excluding hydrogens is 424 g/mol. The summed E-state index contributed by atoms with van der Waals surface area (Å²) in [6.45, 7) is 1.58. The van der Waals surface area contributed by atoms with Gasteiger partial charge in [-0.2, -0.15) is 4.68 Å². The van der Waals surface area contributed by atoms with Crippen LogP contribution in [0.1, 0.15) is 13.0 Å². The number of nitrogens with one attached hydrogen (secondary N) is 1. The average molecular weight is 441 g/mol. The number of thiophene rings is 1. The van der Waals surface area contributed by atoms with E-state index in [1.807, 2.05) is 30.3 Å². The van der Waals surface area contributed by atoms with Gasteiger partial charge in [0.15, 0.2) is 4.83 Å². The summed E-state index contributed by atoms with van der Waals surface area (Å²) in [5, 5.41) is 11.7. The predicted molar refractivity (Wildman–Crippen MR) is 118 cm³/mol. The topological polar surface area (TPSA) is 86.1 Å². The van der Waals surface area contributed by atoms with Gasteiger partial charge in [-0.05, 0) is 36.8 Å². The first kappa shape index (κ1) is 20.1. The molecule has 0 fully saturated rings. The molecule has 2 aromatic carbocycles. The highest BCUT2D eigenvalue weighted by Gasteiger charge is 2.21. The van der Waals surface area contributed by atoms with E-state index in [-0.39, 0.29) is 5.56 Å². The third kappa shape index (κ3) is 3.79. The van der Waals surface area contributed by atoms with Crippen LogP contribution in [0.4, 0.5) is 5.69 Å². The monoisotopic (exact) mass is 440 g/mol. The van der Waals surface area contributed by atoms with Crippen molar-refractivity contribution in [1.82, 2.24) is 15.0 Å². The van der Waals surface area contributed by atoms with E-state index in [0.717, 1.165) is 15.1 Å². The van der Waals surface area contributed by atoms with Crippen molar-refractivity contribution in [3.8, 4) is 16.2 Å². The summed E-state index contributed by atoms with van der Waals surface area (Å²) in [5.74, 6) is 0.0176. The third-order valence-corrected chi connectivity index (χ3v) is 5.91. The van der Waals surface area contributed by atoms with Crippen LogP contribution >= 0.6 is 22.9 Å². The van der Waals surface area contributed by atoms with E-state index in [0.29, 0.717) is 26.7 Å². The fourth-order valence-electron chi connectivity index (χ4n) is 2.99. The number of carbonyl (C=O) groups is 1. The Morgan fingerprint density at radius 2 is 1.97 bits per heavy atom. The second-order valence-corrected chi connectivity index (χ2v) is 8.01. The highest BCUT2D eigenvalue weighted by atomic mass is 35.5. The van der Waals surface area contributed by atoms with Crippen molar-refractivity contribution in [2.75, 3.05) is 12.4 Å². The van der Waals surface area contributed by atoms with Crippen molar-refractivity contribution in [3.63, 3.8) is 0 Å². The Morgan fingerprint density at radius 3 is 2.70 bits per heavy atom. The molecule has 4 aromatic rings. The molecule has 0 bridgehead atoms. The summed E-state index contributed by atoms with van der Waals surface area (Å²) < 4.78 is 6.32. The normalized spacial score (nSPS) is 12.0. The first-order chi connectivity index (χ1) is 14.5. The summed E-state index contributed by atoms with van der Waals surface area (Å²) >= 11 is 7.40. The number of carbonyl (C=O) groups excluding carboxylic acids is 1. The number of fused-ring (bicyclic) bond motifs is 1. The second kappa shape index (κ2) is 8.25. The lowest BCUT2D eigenvalue weighted by Crippen LogP contribution is -2.34. The zero-order valence-electron chi connectivity index (χ0n) is 16.1. The lowest BCUT2D eigenvalue weighted by molar-refractivity contribution is -0.119. The lowest BCUT2D eigenvalue weighted by Gasteiger charge is -2.15. The predicted octanol–water partition coefficient (Wildman–Crippen LogP) is 4.38. The largest absolute Gasteiger partial charge is 0.495 e. The molecule has 30 heavy (non-hydrogen) atoms. The number of benzene rings is 2. The Kier molecular flexibility index (Phi) is 5.52. The van der Waals surface area contributed by atoms with Crippen LogP contribution in [0.5, 0.6) is 5.75 Å². The number of amides is 1. The van der Waals surface area contributed by atoms with Gasteiger partial charge in [0.1, 0.15) is 11.8 Å². The molecule has 0 radical (unpaired) electrons. The number of hydrogen-bond donors (Lipinski definition) is 1. The summed E-state index contributed by atoms with van der Waals surface area (Å²) in [7, 11) is 1.49. The zero-order valence-corrected chi connectivity index (χ0v) is 17.7. The minimum absolute atomic E-state index is 0.376. The van der Waals surface area contributed by atoms with E-state index in [2.05, 4.69) is 15.6 Å². The van der Waals surface area contributed by atoms with Gasteiger partial charge in [-0.1, -0.05) is 47.1 Å². The van der Waals surface area contributed by atoms with Gasteiger partial charge in [0.2, 0.25) is 5.91 Å². The van der Waals surface area contributed by atoms with E-state index in [9.17, 15) is 9.59 Å². The van der Waals surface area contributed by atoms with E-state index in [1.165, 1.54) is 18.4 Å². The molecule has 0 unspecified atom stereocenters.